The molecule has 3 aromatic rings. The van der Waals surface area contributed by atoms with E-state index in [-0.39, 0.29) is 15.8 Å². The van der Waals surface area contributed by atoms with Crippen molar-refractivity contribution in [3.63, 3.8) is 0 Å². The number of benzene rings is 1. The van der Waals surface area contributed by atoms with Gasteiger partial charge in [0.15, 0.2) is 17.5 Å². The van der Waals surface area contributed by atoms with Gasteiger partial charge in [-0.1, -0.05) is 17.4 Å². The van der Waals surface area contributed by atoms with Crippen LogP contribution >= 0.6 is 11.3 Å². The number of hydrogen-bond acceptors (Lipinski definition) is 7. The number of carboxylic acids is 1. The van der Waals surface area contributed by atoms with Gasteiger partial charge in [0.1, 0.15) is 11.3 Å². The summed E-state index contributed by atoms with van der Waals surface area (Å²) >= 11 is 0.530. The van der Waals surface area contributed by atoms with Gasteiger partial charge in [0.25, 0.3) is 0 Å². The van der Waals surface area contributed by atoms with Crippen molar-refractivity contribution >= 4 is 33.2 Å². The van der Waals surface area contributed by atoms with Crippen LogP contribution in [0.15, 0.2) is 29.1 Å². The molecule has 0 saturated heterocycles. The molecule has 2 heterocycles. The second-order valence-corrected chi connectivity index (χ2v) is 7.06. The molecule has 0 bridgehead atoms. The number of nitrogens with zero attached hydrogens (tertiary/aromatic N) is 2. The second kappa shape index (κ2) is 6.97. The summed E-state index contributed by atoms with van der Waals surface area (Å²) in [6.07, 6.45) is -4.63. The molecule has 1 unspecified atom stereocenters. The molecule has 1 aromatic carbocycles. The Morgan fingerprint density at radius 2 is 1.93 bits per heavy atom. The van der Waals surface area contributed by atoms with Crippen LogP contribution in [0.4, 0.5) is 13.2 Å². The Labute approximate surface area is 163 Å². The van der Waals surface area contributed by atoms with Gasteiger partial charge < -0.3 is 15.9 Å². The number of Topliss-reactive ketones (excluding diaryl/α,β-unsaturated/α-hetero) is 1. The van der Waals surface area contributed by atoms with E-state index in [1.54, 1.807) is 0 Å². The third-order valence-corrected chi connectivity index (χ3v) is 5.09. The number of aryl methyl sites for hydroxylation is 1. The Hall–Kier alpha value is -3.25. The van der Waals surface area contributed by atoms with Crippen LogP contribution in [0.1, 0.15) is 16.1 Å². The lowest BCUT2D eigenvalue weighted by molar-refractivity contribution is -0.141. The number of ketones is 1. The van der Waals surface area contributed by atoms with Crippen LogP contribution in [0.5, 0.6) is 5.75 Å². The minimum absolute atomic E-state index is 0.0532. The average Bonchev–Trinajstić information content (AvgIpc) is 3.02. The van der Waals surface area contributed by atoms with E-state index in [0.29, 0.717) is 16.9 Å². The first-order valence-corrected chi connectivity index (χ1v) is 8.67. The SMILES string of the molecule is Cn1nc(C(F)(F)F)cc1-c1ccc2c(O)c(C(=O)C(N)C(=O)O)c(=O)sc2c1. The largest absolute Gasteiger partial charge is 0.506 e. The molecule has 12 heteroatoms. The number of nitrogens with two attached hydrogens (primary N) is 1. The third kappa shape index (κ3) is 3.59. The summed E-state index contributed by atoms with van der Waals surface area (Å²) in [5.74, 6) is -3.65. The fraction of sp³-hybridized carbons (Fsp3) is 0.176. The molecule has 0 fully saturated rings. The van der Waals surface area contributed by atoms with Crippen LogP contribution < -0.4 is 10.5 Å². The fourth-order valence-corrected chi connectivity index (χ4v) is 3.66. The van der Waals surface area contributed by atoms with Crippen molar-refractivity contribution in [1.29, 1.82) is 0 Å². The van der Waals surface area contributed by atoms with Crippen LogP contribution in [0.3, 0.4) is 0 Å². The highest BCUT2D eigenvalue weighted by Gasteiger charge is 2.35. The normalized spacial score (nSPS) is 12.9. The molecule has 2 aromatic heterocycles. The maximum Gasteiger partial charge on any atom is 0.435 e. The first-order valence-electron chi connectivity index (χ1n) is 7.86. The van der Waals surface area contributed by atoms with E-state index < -0.39 is 45.7 Å². The molecular weight excluding hydrogens is 415 g/mol. The van der Waals surface area contributed by atoms with Gasteiger partial charge in [0.05, 0.1) is 5.69 Å². The van der Waals surface area contributed by atoms with Gasteiger partial charge in [0.2, 0.25) is 4.74 Å². The summed E-state index contributed by atoms with van der Waals surface area (Å²) in [7, 11) is 1.32. The molecule has 0 spiro atoms. The van der Waals surface area contributed by atoms with E-state index in [1.807, 2.05) is 0 Å². The highest BCUT2D eigenvalue weighted by Crippen LogP contribution is 2.35. The molecule has 152 valence electrons. The summed E-state index contributed by atoms with van der Waals surface area (Å²) in [6.45, 7) is 0. The number of carbonyl (C=O) groups excluding carboxylic acids is 1. The zero-order valence-corrected chi connectivity index (χ0v) is 15.3. The molecule has 0 radical (unpaired) electrons. The minimum atomic E-state index is -4.63. The lowest BCUT2D eigenvalue weighted by Crippen LogP contribution is -2.40. The lowest BCUT2D eigenvalue weighted by Gasteiger charge is -2.09. The van der Waals surface area contributed by atoms with Crippen molar-refractivity contribution in [2.24, 2.45) is 12.8 Å². The number of aromatic nitrogens is 2. The van der Waals surface area contributed by atoms with Crippen LogP contribution in [-0.4, -0.2) is 37.8 Å². The Balaban J connectivity index is 2.15. The Kier molecular flexibility index (Phi) is 4.92. The van der Waals surface area contributed by atoms with Gasteiger partial charge in [-0.15, -0.1) is 0 Å². The lowest BCUT2D eigenvalue weighted by atomic mass is 10.0. The van der Waals surface area contributed by atoms with Crippen LogP contribution in [-0.2, 0) is 18.0 Å². The van der Waals surface area contributed by atoms with E-state index in [9.17, 15) is 32.7 Å². The van der Waals surface area contributed by atoms with Crippen molar-refractivity contribution in [3.8, 4) is 17.0 Å². The van der Waals surface area contributed by atoms with Gasteiger partial charge >= 0.3 is 12.1 Å². The van der Waals surface area contributed by atoms with Crippen molar-refractivity contribution < 1.29 is 33.0 Å². The second-order valence-electron chi connectivity index (χ2n) is 6.04. The first kappa shape index (κ1) is 20.5. The van der Waals surface area contributed by atoms with Crippen molar-refractivity contribution in [2.45, 2.75) is 12.2 Å². The number of aliphatic carboxylic acids is 1. The van der Waals surface area contributed by atoms with Gasteiger partial charge in [-0.2, -0.15) is 18.3 Å². The van der Waals surface area contributed by atoms with E-state index in [2.05, 4.69) is 5.10 Å². The number of fused-ring (bicyclic) bond motifs is 1. The molecule has 29 heavy (non-hydrogen) atoms. The number of hydrogen-bond donors (Lipinski definition) is 3. The quantitative estimate of drug-likeness (QED) is 0.428. The molecular formula is C17H12F3N3O5S. The number of halogens is 3. The van der Waals surface area contributed by atoms with E-state index in [0.717, 1.165) is 10.7 Å². The maximum atomic E-state index is 12.9. The maximum absolute atomic E-state index is 12.9. The molecule has 1 atom stereocenters. The zero-order valence-electron chi connectivity index (χ0n) is 14.5. The first-order chi connectivity index (χ1) is 13.4. The highest BCUT2D eigenvalue weighted by molar-refractivity contribution is 7.16. The molecule has 0 aliphatic rings. The summed E-state index contributed by atoms with van der Waals surface area (Å²) in [5, 5.41) is 22.6. The van der Waals surface area contributed by atoms with Crippen LogP contribution in [0, 0.1) is 0 Å². The van der Waals surface area contributed by atoms with E-state index in [1.165, 1.54) is 25.2 Å². The minimum Gasteiger partial charge on any atom is -0.506 e. The average molecular weight is 427 g/mol. The van der Waals surface area contributed by atoms with Crippen molar-refractivity contribution in [2.75, 3.05) is 0 Å². The standard InChI is InChI=1S/C17H12F3N3O5S/c1-23-8(5-10(22-23)17(18,19)20)6-2-3-7-9(4-6)29-16(28)11(13(7)24)14(25)12(21)15(26)27/h2-5,12,24H,21H2,1H3,(H,26,27). The summed E-state index contributed by atoms with van der Waals surface area (Å²) in [5.41, 5.74) is 3.81. The van der Waals surface area contributed by atoms with E-state index in [4.69, 9.17) is 10.8 Å². The third-order valence-electron chi connectivity index (χ3n) is 4.14. The molecule has 0 aliphatic heterocycles. The van der Waals surface area contributed by atoms with Gasteiger partial charge in [0, 0.05) is 22.7 Å². The van der Waals surface area contributed by atoms with Crippen molar-refractivity contribution in [3.05, 3.63) is 45.1 Å². The summed E-state index contributed by atoms with van der Waals surface area (Å²) in [4.78, 5) is 35.3. The summed E-state index contributed by atoms with van der Waals surface area (Å²) in [6, 6.07) is 2.87. The smallest absolute Gasteiger partial charge is 0.435 e. The van der Waals surface area contributed by atoms with Crippen LogP contribution in [0.25, 0.3) is 21.3 Å². The molecule has 4 N–H and O–H groups in total. The topological polar surface area (TPSA) is 136 Å². The molecule has 0 amide bonds. The fourth-order valence-electron chi connectivity index (χ4n) is 2.70. The zero-order chi connectivity index (χ0) is 21.7. The predicted molar refractivity (Wildman–Crippen MR) is 96.9 cm³/mol. The molecule has 0 aliphatic carbocycles. The summed E-state index contributed by atoms with van der Waals surface area (Å²) < 4.78 is 38.9. The Morgan fingerprint density at radius 1 is 1.28 bits per heavy atom. The number of carbonyl (C=O) groups is 2. The van der Waals surface area contributed by atoms with Gasteiger partial charge in [-0.25, -0.2) is 0 Å². The van der Waals surface area contributed by atoms with Crippen molar-refractivity contribution in [1.82, 2.24) is 9.78 Å². The Bertz CT molecular complexity index is 1220. The van der Waals surface area contributed by atoms with Crippen LogP contribution in [0.2, 0.25) is 0 Å². The molecule has 3 rings (SSSR count). The number of rotatable bonds is 4. The Morgan fingerprint density at radius 3 is 2.48 bits per heavy atom. The van der Waals surface area contributed by atoms with Gasteiger partial charge in [-0.3, -0.25) is 19.1 Å². The molecule has 8 nitrogen and oxygen atoms in total. The monoisotopic (exact) mass is 427 g/mol. The number of carboxylic acid groups (broad SMARTS) is 1. The molecule has 0 saturated carbocycles. The number of alkyl halides is 3. The number of aromatic hydroxyl groups is 1. The highest BCUT2D eigenvalue weighted by atomic mass is 32.1. The van der Waals surface area contributed by atoms with E-state index >= 15 is 0 Å². The van der Waals surface area contributed by atoms with Gasteiger partial charge in [-0.05, 0) is 18.2 Å². The predicted octanol–water partition coefficient (Wildman–Crippen LogP) is 1.98.